The van der Waals surface area contributed by atoms with Crippen molar-refractivity contribution in [2.45, 2.75) is 19.8 Å². The molecule has 0 aromatic heterocycles. The minimum Gasteiger partial charge on any atom is -0.207 e. The molecule has 114 valence electrons. The van der Waals surface area contributed by atoms with Crippen LogP contribution in [-0.4, -0.2) is 29.3 Å². The number of sulfonamides is 2. The molecule has 20 heavy (non-hydrogen) atoms. The van der Waals surface area contributed by atoms with Crippen LogP contribution < -0.4 is 3.71 Å². The van der Waals surface area contributed by atoms with Gasteiger partial charge in [0.05, 0.1) is 12.5 Å². The normalized spacial score (nSPS) is 12.8. The molecular formula is C11H15F2NO4S2. The predicted molar refractivity (Wildman–Crippen MR) is 72.6 cm³/mol. The van der Waals surface area contributed by atoms with Crippen LogP contribution in [0.15, 0.2) is 12.1 Å². The number of anilines is 1. The van der Waals surface area contributed by atoms with Crippen LogP contribution in [0, 0.1) is 11.6 Å². The molecule has 0 spiro atoms. The summed E-state index contributed by atoms with van der Waals surface area (Å²) in [4.78, 5) is 0. The van der Waals surface area contributed by atoms with Crippen molar-refractivity contribution in [3.05, 3.63) is 29.3 Å². The zero-order valence-electron chi connectivity index (χ0n) is 11.4. The van der Waals surface area contributed by atoms with Crippen molar-refractivity contribution in [3.8, 4) is 0 Å². The highest BCUT2D eigenvalue weighted by atomic mass is 32.3. The molecule has 9 heteroatoms. The lowest BCUT2D eigenvalue weighted by Crippen LogP contribution is -2.36. The number of halogens is 2. The smallest absolute Gasteiger partial charge is 0.207 e. The Morgan fingerprint density at radius 1 is 0.950 bits per heavy atom. The van der Waals surface area contributed by atoms with Crippen LogP contribution in [0.4, 0.5) is 14.5 Å². The maximum atomic E-state index is 14.0. The lowest BCUT2D eigenvalue weighted by molar-refractivity contribution is 0.571. The van der Waals surface area contributed by atoms with Gasteiger partial charge in [-0.3, -0.25) is 0 Å². The average molecular weight is 327 g/mol. The van der Waals surface area contributed by atoms with E-state index in [0.29, 0.717) is 18.6 Å². The second-order valence-electron chi connectivity index (χ2n) is 4.70. The first-order valence-electron chi connectivity index (χ1n) is 5.55. The molecule has 0 aliphatic carbocycles. The quantitative estimate of drug-likeness (QED) is 0.845. The molecule has 0 bridgehead atoms. The Morgan fingerprint density at radius 3 is 1.75 bits per heavy atom. The minimum absolute atomic E-state index is 0.0354. The van der Waals surface area contributed by atoms with Crippen LogP contribution in [0.5, 0.6) is 0 Å². The lowest BCUT2D eigenvalue weighted by atomic mass is 10.0. The summed E-state index contributed by atoms with van der Waals surface area (Å²) in [6.07, 6.45) is 1.20. The van der Waals surface area contributed by atoms with E-state index in [0.717, 1.165) is 6.07 Å². The lowest BCUT2D eigenvalue weighted by Gasteiger charge is -2.21. The van der Waals surface area contributed by atoms with E-state index in [-0.39, 0.29) is 15.2 Å². The first-order valence-corrected chi connectivity index (χ1v) is 9.24. The molecule has 0 unspecified atom stereocenters. The summed E-state index contributed by atoms with van der Waals surface area (Å²) >= 11 is 0. The van der Waals surface area contributed by atoms with Crippen molar-refractivity contribution in [2.75, 3.05) is 16.2 Å². The van der Waals surface area contributed by atoms with Gasteiger partial charge in [-0.25, -0.2) is 25.6 Å². The Labute approximate surface area is 117 Å². The standard InChI is InChI=1S/C11H15F2NO4S2/c1-7(2)8-5-10(13)11(6-9(8)12)14(19(3,15)16)20(4,17)18/h5-7H,1-4H3. The van der Waals surface area contributed by atoms with E-state index in [2.05, 4.69) is 0 Å². The zero-order valence-corrected chi connectivity index (χ0v) is 13.0. The summed E-state index contributed by atoms with van der Waals surface area (Å²) in [5, 5.41) is 0. The van der Waals surface area contributed by atoms with Gasteiger partial charge in [-0.15, -0.1) is 0 Å². The maximum Gasteiger partial charge on any atom is 0.245 e. The van der Waals surface area contributed by atoms with Crippen LogP contribution in [0.25, 0.3) is 0 Å². The molecule has 0 heterocycles. The number of hydrogen-bond donors (Lipinski definition) is 0. The molecule has 1 aromatic rings. The summed E-state index contributed by atoms with van der Waals surface area (Å²) in [6, 6.07) is 1.38. The molecule has 0 aliphatic rings. The van der Waals surface area contributed by atoms with E-state index in [1.165, 1.54) is 0 Å². The maximum absolute atomic E-state index is 14.0. The Morgan fingerprint density at radius 2 is 1.40 bits per heavy atom. The fourth-order valence-electron chi connectivity index (χ4n) is 1.74. The molecule has 0 fully saturated rings. The third-order valence-electron chi connectivity index (χ3n) is 2.49. The number of rotatable bonds is 4. The number of hydrogen-bond acceptors (Lipinski definition) is 4. The second kappa shape index (κ2) is 5.28. The van der Waals surface area contributed by atoms with Crippen molar-refractivity contribution in [2.24, 2.45) is 0 Å². The van der Waals surface area contributed by atoms with Crippen molar-refractivity contribution in [1.82, 2.24) is 0 Å². The highest BCUT2D eigenvalue weighted by molar-refractivity contribution is 8.09. The molecule has 0 atom stereocenters. The molecule has 1 aromatic carbocycles. The molecule has 0 aliphatic heterocycles. The van der Waals surface area contributed by atoms with Gasteiger partial charge < -0.3 is 0 Å². The van der Waals surface area contributed by atoms with Crippen LogP contribution in [0.2, 0.25) is 0 Å². The summed E-state index contributed by atoms with van der Waals surface area (Å²) in [6.45, 7) is 3.25. The van der Waals surface area contributed by atoms with Gasteiger partial charge in [0.1, 0.15) is 17.3 Å². The molecule has 0 amide bonds. The van der Waals surface area contributed by atoms with Crippen LogP contribution in [0.3, 0.4) is 0 Å². The molecule has 0 N–H and O–H groups in total. The van der Waals surface area contributed by atoms with E-state index in [9.17, 15) is 25.6 Å². The summed E-state index contributed by atoms with van der Waals surface area (Å²) in [5.41, 5.74) is -0.815. The highest BCUT2D eigenvalue weighted by Gasteiger charge is 2.31. The van der Waals surface area contributed by atoms with E-state index < -0.39 is 37.4 Å². The third-order valence-corrected chi connectivity index (χ3v) is 5.71. The van der Waals surface area contributed by atoms with Crippen LogP contribution in [0.1, 0.15) is 25.3 Å². The Bertz CT molecular complexity index is 695. The SMILES string of the molecule is CC(C)c1cc(F)c(N(S(C)(=O)=O)S(C)(=O)=O)cc1F. The van der Waals surface area contributed by atoms with Gasteiger partial charge in [-0.2, -0.15) is 3.71 Å². The topological polar surface area (TPSA) is 71.5 Å². The average Bonchev–Trinajstić information content (AvgIpc) is 2.18. The molecular weight excluding hydrogens is 312 g/mol. The largest absolute Gasteiger partial charge is 0.245 e. The van der Waals surface area contributed by atoms with Gasteiger partial charge in [-0.1, -0.05) is 13.8 Å². The highest BCUT2D eigenvalue weighted by Crippen LogP contribution is 2.30. The fraction of sp³-hybridized carbons (Fsp3) is 0.455. The van der Waals surface area contributed by atoms with Crippen LogP contribution in [-0.2, 0) is 20.0 Å². The molecule has 5 nitrogen and oxygen atoms in total. The molecule has 0 saturated carbocycles. The zero-order chi connectivity index (χ0) is 15.9. The Hall–Kier alpha value is -1.22. The summed E-state index contributed by atoms with van der Waals surface area (Å²) < 4.78 is 73.8. The third kappa shape index (κ3) is 3.45. The van der Waals surface area contributed by atoms with Gasteiger partial charge in [0.2, 0.25) is 20.0 Å². The van der Waals surface area contributed by atoms with Gasteiger partial charge in [0.15, 0.2) is 0 Å². The first-order chi connectivity index (χ1) is 8.85. The fourth-order valence-corrected chi connectivity index (χ4v) is 4.70. The monoisotopic (exact) mass is 327 g/mol. The predicted octanol–water partition coefficient (Wildman–Crippen LogP) is 1.81. The van der Waals surface area contributed by atoms with E-state index in [1.54, 1.807) is 13.8 Å². The van der Waals surface area contributed by atoms with Crippen molar-refractivity contribution < 1.29 is 25.6 Å². The Balaban J connectivity index is 3.65. The van der Waals surface area contributed by atoms with E-state index in [4.69, 9.17) is 0 Å². The van der Waals surface area contributed by atoms with Crippen molar-refractivity contribution >= 4 is 25.7 Å². The van der Waals surface area contributed by atoms with E-state index >= 15 is 0 Å². The van der Waals surface area contributed by atoms with E-state index in [1.807, 2.05) is 0 Å². The van der Waals surface area contributed by atoms with Crippen molar-refractivity contribution in [1.29, 1.82) is 0 Å². The van der Waals surface area contributed by atoms with Gasteiger partial charge in [0, 0.05) is 6.07 Å². The number of nitrogens with zero attached hydrogens (tertiary/aromatic N) is 1. The first kappa shape index (κ1) is 16.8. The van der Waals surface area contributed by atoms with Gasteiger partial charge in [-0.05, 0) is 17.5 Å². The molecule has 1 rings (SSSR count). The van der Waals surface area contributed by atoms with Crippen LogP contribution >= 0.6 is 0 Å². The number of benzene rings is 1. The second-order valence-corrected chi connectivity index (χ2v) is 8.60. The Kier molecular flexibility index (Phi) is 4.45. The van der Waals surface area contributed by atoms with Crippen molar-refractivity contribution in [3.63, 3.8) is 0 Å². The van der Waals surface area contributed by atoms with Gasteiger partial charge >= 0.3 is 0 Å². The molecule has 0 radical (unpaired) electrons. The van der Waals surface area contributed by atoms with Gasteiger partial charge in [0.25, 0.3) is 0 Å². The summed E-state index contributed by atoms with van der Waals surface area (Å²) in [5.74, 6) is -2.32. The minimum atomic E-state index is -4.31. The molecule has 0 saturated heterocycles. The summed E-state index contributed by atoms with van der Waals surface area (Å²) in [7, 11) is -8.62.